The molecule has 0 fully saturated rings. The molecule has 10 nitrogen and oxygen atoms in total. The summed E-state index contributed by atoms with van der Waals surface area (Å²) in [5.41, 5.74) is 3.24. The Morgan fingerprint density at radius 3 is 1.91 bits per heavy atom. The smallest absolute Gasteiger partial charge is 0.232 e. The monoisotopic (exact) mass is 895 g/mol. The fourth-order valence-electron chi connectivity index (χ4n) is 7.41. The van der Waals surface area contributed by atoms with Crippen molar-refractivity contribution in [1.29, 1.82) is 0 Å². The van der Waals surface area contributed by atoms with Crippen molar-refractivity contribution in [2.45, 2.75) is 159 Å². The standard InChI is InChI=1S/C42H72Cl3NO9Si2/c1-28(2)57(29(3)4,30(5)6)55-39(32(8)37(20-21-47)54-56(15,16)41(9,10)11)31(7)18-17-19-33-22-34(50-12)23-36(40(33)52-14)46(27-53-26-42(43,44)45)38(49)24-35(25-48)51-13/h18,21-23,25,28-30,32,35,37,39H,17,19-20,24,26-27H2,1-16H3/b31-18-/t32-,35+,37-,39-/m0/s1. The molecule has 4 atom stereocenters. The maximum atomic E-state index is 13.7. The first kappa shape index (κ1) is 53.5. The SMILES string of the molecule is COc1cc(CC/C=C(/C)[C@H](O[Si](C(C)C)(C(C)C)C(C)C)[C@@H](C)[C@H](CC=O)O[Si](C)(C)C(C)(C)C)c(OC)c(N(COCC(Cl)(Cl)Cl)C(=O)C[C@H](C=O)OC)c1. The molecule has 1 amide bonds. The zero-order valence-electron chi connectivity index (χ0n) is 37.4. The Labute approximate surface area is 361 Å². The third-order valence-electron chi connectivity index (χ3n) is 11.5. The van der Waals surface area contributed by atoms with Crippen LogP contribution in [-0.4, -0.2) is 91.9 Å². The molecular formula is C42H72Cl3NO9Si2. The number of amides is 1. The highest BCUT2D eigenvalue weighted by Gasteiger charge is 2.49. The Bertz CT molecular complexity index is 1440. The van der Waals surface area contributed by atoms with Crippen LogP contribution in [0.15, 0.2) is 23.8 Å². The van der Waals surface area contributed by atoms with Gasteiger partial charge in [0.2, 0.25) is 18.0 Å². The Kier molecular flexibility index (Phi) is 22.1. The van der Waals surface area contributed by atoms with E-state index in [4.69, 9.17) is 62.6 Å². The fourth-order valence-corrected chi connectivity index (χ4v) is 14.7. The Balaban J connectivity index is 3.86. The van der Waals surface area contributed by atoms with E-state index in [1.165, 1.54) is 26.2 Å². The van der Waals surface area contributed by atoms with E-state index in [2.05, 4.69) is 95.3 Å². The molecule has 0 bridgehead atoms. The molecule has 15 heteroatoms. The predicted molar refractivity (Wildman–Crippen MR) is 240 cm³/mol. The maximum Gasteiger partial charge on any atom is 0.232 e. The average molecular weight is 898 g/mol. The number of hydrogen-bond donors (Lipinski definition) is 0. The molecule has 0 aliphatic carbocycles. The van der Waals surface area contributed by atoms with Crippen LogP contribution in [0.4, 0.5) is 5.69 Å². The van der Waals surface area contributed by atoms with Gasteiger partial charge in [0.1, 0.15) is 36.9 Å². The topological polar surface area (TPSA) is 110 Å². The molecule has 0 aliphatic heterocycles. The first-order valence-corrected chi connectivity index (χ1v) is 26.1. The molecule has 0 radical (unpaired) electrons. The number of aldehydes is 2. The van der Waals surface area contributed by atoms with Gasteiger partial charge in [0, 0.05) is 31.1 Å². The van der Waals surface area contributed by atoms with E-state index in [1.807, 2.05) is 6.07 Å². The number of hydrogen-bond acceptors (Lipinski definition) is 9. The lowest BCUT2D eigenvalue weighted by Gasteiger charge is -2.48. The van der Waals surface area contributed by atoms with Gasteiger partial charge >= 0.3 is 0 Å². The van der Waals surface area contributed by atoms with Crippen molar-refractivity contribution in [3.05, 3.63) is 29.3 Å². The lowest BCUT2D eigenvalue weighted by atomic mass is 9.91. The number of benzene rings is 1. The second-order valence-corrected chi connectivity index (χ2v) is 30.1. The molecule has 1 aromatic rings. The van der Waals surface area contributed by atoms with Crippen molar-refractivity contribution in [3.63, 3.8) is 0 Å². The summed E-state index contributed by atoms with van der Waals surface area (Å²) in [7, 11) is -0.223. The average Bonchev–Trinajstić information content (AvgIpc) is 3.10. The summed E-state index contributed by atoms with van der Waals surface area (Å²) in [4.78, 5) is 38.8. The molecule has 0 saturated carbocycles. The predicted octanol–water partition coefficient (Wildman–Crippen LogP) is 11.0. The van der Waals surface area contributed by atoms with E-state index < -0.39 is 32.4 Å². The van der Waals surface area contributed by atoms with E-state index in [0.29, 0.717) is 52.9 Å². The van der Waals surface area contributed by atoms with Crippen LogP contribution < -0.4 is 14.4 Å². The van der Waals surface area contributed by atoms with Crippen LogP contribution in [0.5, 0.6) is 11.5 Å². The summed E-state index contributed by atoms with van der Waals surface area (Å²) in [5, 5.41) is -0.0365. The van der Waals surface area contributed by atoms with E-state index in [-0.39, 0.29) is 49.3 Å². The minimum Gasteiger partial charge on any atom is -0.497 e. The lowest BCUT2D eigenvalue weighted by molar-refractivity contribution is -0.127. The van der Waals surface area contributed by atoms with Crippen LogP contribution in [0, 0.1) is 5.92 Å². The number of halogens is 3. The number of rotatable bonds is 25. The minimum atomic E-state index is -2.40. The minimum absolute atomic E-state index is 0.0365. The van der Waals surface area contributed by atoms with Crippen molar-refractivity contribution in [2.75, 3.05) is 39.6 Å². The van der Waals surface area contributed by atoms with Crippen molar-refractivity contribution < 1.29 is 42.2 Å². The van der Waals surface area contributed by atoms with Gasteiger partial charge in [-0.3, -0.25) is 9.69 Å². The number of carbonyl (C=O) groups is 3. The summed E-state index contributed by atoms with van der Waals surface area (Å²) in [6.45, 7) is 28.4. The first-order chi connectivity index (χ1) is 26.3. The van der Waals surface area contributed by atoms with Gasteiger partial charge in [-0.2, -0.15) is 0 Å². The fraction of sp³-hybridized carbons (Fsp3) is 0.738. The van der Waals surface area contributed by atoms with Crippen LogP contribution in [0.25, 0.3) is 0 Å². The molecule has 0 unspecified atom stereocenters. The molecule has 0 N–H and O–H groups in total. The molecule has 0 heterocycles. The third-order valence-corrected chi connectivity index (χ3v) is 22.4. The second-order valence-electron chi connectivity index (χ2n) is 17.4. The van der Waals surface area contributed by atoms with Gasteiger partial charge in [-0.15, -0.1) is 0 Å². The first-order valence-electron chi connectivity index (χ1n) is 19.9. The Morgan fingerprint density at radius 2 is 1.47 bits per heavy atom. The second kappa shape index (κ2) is 23.5. The normalized spacial score (nSPS) is 15.4. The Hall–Kier alpha value is -1.49. The van der Waals surface area contributed by atoms with E-state index in [0.717, 1.165) is 17.4 Å². The molecular weight excluding hydrogens is 825 g/mol. The van der Waals surface area contributed by atoms with E-state index in [1.54, 1.807) is 6.07 Å². The van der Waals surface area contributed by atoms with Gasteiger partial charge in [0.15, 0.2) is 8.32 Å². The molecule has 1 rings (SSSR count). The Morgan fingerprint density at radius 1 is 0.895 bits per heavy atom. The number of allylic oxidation sites excluding steroid dienone is 1. The molecule has 0 spiro atoms. The maximum absolute atomic E-state index is 13.7. The molecule has 0 saturated heterocycles. The molecule has 1 aromatic carbocycles. The largest absolute Gasteiger partial charge is 0.497 e. The molecule has 0 aliphatic rings. The van der Waals surface area contributed by atoms with Crippen molar-refractivity contribution in [2.24, 2.45) is 5.92 Å². The number of alkyl halides is 3. The number of ether oxygens (including phenoxy) is 4. The van der Waals surface area contributed by atoms with Crippen molar-refractivity contribution in [3.8, 4) is 11.5 Å². The van der Waals surface area contributed by atoms with Gasteiger partial charge in [-0.1, -0.05) is 110 Å². The zero-order chi connectivity index (χ0) is 44.1. The van der Waals surface area contributed by atoms with Crippen LogP contribution in [0.1, 0.15) is 101 Å². The summed E-state index contributed by atoms with van der Waals surface area (Å²) >= 11 is 17.8. The number of anilines is 1. The third kappa shape index (κ3) is 15.2. The van der Waals surface area contributed by atoms with Gasteiger partial charge < -0.3 is 37.4 Å². The van der Waals surface area contributed by atoms with Crippen LogP contribution in [0.3, 0.4) is 0 Å². The molecule has 57 heavy (non-hydrogen) atoms. The molecule has 328 valence electrons. The molecule has 0 aromatic heterocycles. The number of aryl methyl sites for hydroxylation is 1. The highest BCUT2D eigenvalue weighted by atomic mass is 35.6. The number of methoxy groups -OCH3 is 3. The lowest BCUT2D eigenvalue weighted by Crippen LogP contribution is -2.54. The summed E-state index contributed by atoms with van der Waals surface area (Å²) < 4.78 is 35.3. The van der Waals surface area contributed by atoms with Gasteiger partial charge in [0.25, 0.3) is 0 Å². The summed E-state index contributed by atoms with van der Waals surface area (Å²) in [6, 6.07) is 3.54. The van der Waals surface area contributed by atoms with Crippen molar-refractivity contribution >= 4 is 75.6 Å². The zero-order valence-corrected chi connectivity index (χ0v) is 41.7. The van der Waals surface area contributed by atoms with Gasteiger partial charge in [-0.05, 0) is 66.2 Å². The quantitative estimate of drug-likeness (QED) is 0.0311. The number of nitrogens with zero attached hydrogens (tertiary/aromatic N) is 1. The van der Waals surface area contributed by atoms with Crippen LogP contribution in [-0.2, 0) is 39.1 Å². The van der Waals surface area contributed by atoms with Crippen molar-refractivity contribution in [1.82, 2.24) is 0 Å². The number of carbonyl (C=O) groups excluding carboxylic acids is 3. The highest BCUT2D eigenvalue weighted by Crippen LogP contribution is 2.46. The van der Waals surface area contributed by atoms with Crippen LogP contribution in [0.2, 0.25) is 34.8 Å². The van der Waals surface area contributed by atoms with Gasteiger partial charge in [0.05, 0.1) is 45.1 Å². The summed E-state index contributed by atoms with van der Waals surface area (Å²) in [6.07, 6.45) is 3.28. The van der Waals surface area contributed by atoms with Crippen LogP contribution >= 0.6 is 34.8 Å². The van der Waals surface area contributed by atoms with E-state index in [9.17, 15) is 14.4 Å². The van der Waals surface area contributed by atoms with E-state index >= 15 is 0 Å². The highest BCUT2D eigenvalue weighted by molar-refractivity contribution is 6.77. The van der Waals surface area contributed by atoms with Gasteiger partial charge in [-0.25, -0.2) is 0 Å². The summed E-state index contributed by atoms with van der Waals surface area (Å²) in [5.74, 6) is 0.318.